The highest BCUT2D eigenvalue weighted by Gasteiger charge is 2.21. The van der Waals surface area contributed by atoms with Crippen molar-refractivity contribution in [2.75, 3.05) is 7.11 Å². The van der Waals surface area contributed by atoms with Crippen LogP contribution in [0.15, 0.2) is 30.3 Å². The molecule has 0 amide bonds. The number of esters is 1. The zero-order valence-corrected chi connectivity index (χ0v) is 9.32. The average molecular weight is 229 g/mol. The third-order valence-electron chi connectivity index (χ3n) is 2.87. The van der Waals surface area contributed by atoms with E-state index in [0.29, 0.717) is 18.1 Å². The Balaban J connectivity index is 2.02. The molecular weight excluding hydrogens is 218 g/mol. The molecule has 0 saturated heterocycles. The van der Waals surface area contributed by atoms with E-state index in [1.54, 1.807) is 13.2 Å². The van der Waals surface area contributed by atoms with Gasteiger partial charge in [0.15, 0.2) is 5.88 Å². The Bertz CT molecular complexity index is 586. The quantitative estimate of drug-likeness (QED) is 0.804. The zero-order valence-electron chi connectivity index (χ0n) is 9.32. The van der Waals surface area contributed by atoms with E-state index in [4.69, 9.17) is 9.47 Å². The first-order valence-corrected chi connectivity index (χ1v) is 5.31. The van der Waals surface area contributed by atoms with Gasteiger partial charge in [-0.15, -0.1) is 0 Å². The van der Waals surface area contributed by atoms with Gasteiger partial charge in [0, 0.05) is 17.3 Å². The number of carbonyl (C=O) groups excluding carboxylic acids is 1. The number of carbonyl (C=O) groups is 1. The molecule has 0 bridgehead atoms. The van der Waals surface area contributed by atoms with Crippen molar-refractivity contribution in [1.29, 1.82) is 0 Å². The van der Waals surface area contributed by atoms with Crippen LogP contribution in [-0.2, 0) is 11.3 Å². The zero-order chi connectivity index (χ0) is 11.8. The lowest BCUT2D eigenvalue weighted by atomic mass is 10.0. The summed E-state index contributed by atoms with van der Waals surface area (Å²) in [5.41, 5.74) is 3.57. The minimum Gasteiger partial charge on any atom is -0.482 e. The number of cyclic esters (lactones) is 1. The smallest absolute Gasteiger partial charge is 0.338 e. The van der Waals surface area contributed by atoms with Crippen molar-refractivity contribution < 1.29 is 14.3 Å². The van der Waals surface area contributed by atoms with Crippen molar-refractivity contribution >= 4 is 5.97 Å². The van der Waals surface area contributed by atoms with E-state index < -0.39 is 0 Å². The van der Waals surface area contributed by atoms with Crippen LogP contribution >= 0.6 is 0 Å². The van der Waals surface area contributed by atoms with Crippen LogP contribution in [0.25, 0.3) is 11.3 Å². The predicted octanol–water partition coefficient (Wildman–Crippen LogP) is 2.36. The Morgan fingerprint density at radius 1 is 1.29 bits per heavy atom. The molecule has 1 N–H and O–H groups in total. The standard InChI is InChI=1S/C13H11NO3/c1-16-12-5-4-11(14-12)8-2-3-10-9(6-8)7-17-13(10)15/h2-6,14H,7H2,1H3. The van der Waals surface area contributed by atoms with Crippen LogP contribution in [0.4, 0.5) is 0 Å². The summed E-state index contributed by atoms with van der Waals surface area (Å²) >= 11 is 0. The van der Waals surface area contributed by atoms with Gasteiger partial charge in [-0.1, -0.05) is 6.07 Å². The number of hydrogen-bond donors (Lipinski definition) is 1. The van der Waals surface area contributed by atoms with Gasteiger partial charge in [0.05, 0.1) is 12.7 Å². The Hall–Kier alpha value is -2.23. The summed E-state index contributed by atoms with van der Waals surface area (Å²) in [7, 11) is 1.62. The highest BCUT2D eigenvalue weighted by molar-refractivity contribution is 5.94. The van der Waals surface area contributed by atoms with Crippen molar-refractivity contribution in [3.63, 3.8) is 0 Å². The van der Waals surface area contributed by atoms with Gasteiger partial charge in [0.1, 0.15) is 6.61 Å². The molecule has 0 radical (unpaired) electrons. The molecule has 0 fully saturated rings. The summed E-state index contributed by atoms with van der Waals surface area (Å²) in [5.74, 6) is 0.475. The van der Waals surface area contributed by atoms with E-state index >= 15 is 0 Å². The molecule has 1 aliphatic rings. The van der Waals surface area contributed by atoms with Crippen LogP contribution in [0.1, 0.15) is 15.9 Å². The topological polar surface area (TPSA) is 51.3 Å². The monoisotopic (exact) mass is 229 g/mol. The van der Waals surface area contributed by atoms with Crippen LogP contribution in [0, 0.1) is 0 Å². The minimum absolute atomic E-state index is 0.240. The van der Waals surface area contributed by atoms with Gasteiger partial charge in [0.2, 0.25) is 0 Å². The van der Waals surface area contributed by atoms with Crippen molar-refractivity contribution in [3.8, 4) is 17.1 Å². The fourth-order valence-corrected chi connectivity index (χ4v) is 1.96. The molecule has 0 atom stereocenters. The molecule has 4 nitrogen and oxygen atoms in total. The number of rotatable bonds is 2. The number of ether oxygens (including phenoxy) is 2. The van der Waals surface area contributed by atoms with Gasteiger partial charge >= 0.3 is 5.97 Å². The van der Waals surface area contributed by atoms with Crippen LogP contribution in [0.3, 0.4) is 0 Å². The summed E-state index contributed by atoms with van der Waals surface area (Å²) in [4.78, 5) is 14.4. The van der Waals surface area contributed by atoms with Crippen LogP contribution in [-0.4, -0.2) is 18.1 Å². The first-order chi connectivity index (χ1) is 8.28. The second-order valence-electron chi connectivity index (χ2n) is 3.89. The fraction of sp³-hybridized carbons (Fsp3) is 0.154. The molecule has 1 aromatic heterocycles. The molecule has 3 rings (SSSR count). The van der Waals surface area contributed by atoms with E-state index in [-0.39, 0.29) is 5.97 Å². The largest absolute Gasteiger partial charge is 0.482 e. The first-order valence-electron chi connectivity index (χ1n) is 5.31. The number of hydrogen-bond acceptors (Lipinski definition) is 3. The molecule has 0 aliphatic carbocycles. The second-order valence-corrected chi connectivity index (χ2v) is 3.89. The molecular formula is C13H11NO3. The maximum absolute atomic E-state index is 11.3. The van der Waals surface area contributed by atoms with Crippen molar-refractivity contribution in [1.82, 2.24) is 4.98 Å². The molecule has 17 heavy (non-hydrogen) atoms. The van der Waals surface area contributed by atoms with E-state index in [0.717, 1.165) is 16.8 Å². The summed E-state index contributed by atoms with van der Waals surface area (Å²) in [6.45, 7) is 0.361. The van der Waals surface area contributed by atoms with E-state index in [1.807, 2.05) is 24.3 Å². The Kier molecular flexibility index (Phi) is 2.14. The molecule has 1 aromatic carbocycles. The molecule has 2 aromatic rings. The van der Waals surface area contributed by atoms with Gasteiger partial charge in [-0.2, -0.15) is 0 Å². The Labute approximate surface area is 98.2 Å². The van der Waals surface area contributed by atoms with E-state index in [9.17, 15) is 4.79 Å². The maximum Gasteiger partial charge on any atom is 0.338 e. The number of methoxy groups -OCH3 is 1. The summed E-state index contributed by atoms with van der Waals surface area (Å²) in [6, 6.07) is 9.47. The number of H-pyrrole nitrogens is 1. The van der Waals surface area contributed by atoms with Gasteiger partial charge in [-0.3, -0.25) is 0 Å². The van der Waals surface area contributed by atoms with Crippen LogP contribution in [0.2, 0.25) is 0 Å². The number of benzene rings is 1. The number of nitrogens with one attached hydrogen (secondary N) is 1. The molecule has 0 spiro atoms. The van der Waals surface area contributed by atoms with E-state index in [2.05, 4.69) is 4.98 Å². The average Bonchev–Trinajstić information content (AvgIpc) is 2.96. The fourth-order valence-electron chi connectivity index (χ4n) is 1.96. The van der Waals surface area contributed by atoms with Crippen LogP contribution < -0.4 is 4.74 Å². The highest BCUT2D eigenvalue weighted by atomic mass is 16.5. The van der Waals surface area contributed by atoms with Crippen molar-refractivity contribution in [2.45, 2.75) is 6.61 Å². The number of fused-ring (bicyclic) bond motifs is 1. The SMILES string of the molecule is COc1ccc(-c2ccc3c(c2)COC3=O)[nH]1. The third-order valence-corrected chi connectivity index (χ3v) is 2.87. The summed E-state index contributed by atoms with van der Waals surface area (Å²) < 4.78 is 10.1. The molecule has 2 heterocycles. The molecule has 4 heteroatoms. The maximum atomic E-state index is 11.3. The molecule has 86 valence electrons. The number of aromatic amines is 1. The molecule has 0 unspecified atom stereocenters. The molecule has 1 aliphatic heterocycles. The highest BCUT2D eigenvalue weighted by Crippen LogP contribution is 2.27. The lowest BCUT2D eigenvalue weighted by Crippen LogP contribution is -1.93. The minimum atomic E-state index is -0.240. The van der Waals surface area contributed by atoms with Crippen molar-refractivity contribution in [3.05, 3.63) is 41.5 Å². The van der Waals surface area contributed by atoms with Gasteiger partial charge in [-0.25, -0.2) is 4.79 Å². The van der Waals surface area contributed by atoms with E-state index in [1.165, 1.54) is 0 Å². The normalized spacial score (nSPS) is 13.4. The van der Waals surface area contributed by atoms with Gasteiger partial charge < -0.3 is 14.5 Å². The van der Waals surface area contributed by atoms with Crippen molar-refractivity contribution in [2.24, 2.45) is 0 Å². The first kappa shape index (κ1) is 9.96. The van der Waals surface area contributed by atoms with Crippen LogP contribution in [0.5, 0.6) is 5.88 Å². The summed E-state index contributed by atoms with van der Waals surface area (Å²) in [5, 5.41) is 0. The summed E-state index contributed by atoms with van der Waals surface area (Å²) in [6.07, 6.45) is 0. The predicted molar refractivity (Wildman–Crippen MR) is 61.9 cm³/mol. The van der Waals surface area contributed by atoms with Gasteiger partial charge in [-0.05, 0) is 23.8 Å². The Morgan fingerprint density at radius 3 is 2.94 bits per heavy atom. The third kappa shape index (κ3) is 1.58. The Morgan fingerprint density at radius 2 is 2.18 bits per heavy atom. The second kappa shape index (κ2) is 3.66. The number of aromatic nitrogens is 1. The lowest BCUT2D eigenvalue weighted by Gasteiger charge is -2.00. The molecule has 0 saturated carbocycles. The van der Waals surface area contributed by atoms with Gasteiger partial charge in [0.25, 0.3) is 0 Å². The lowest BCUT2D eigenvalue weighted by molar-refractivity contribution is 0.0535.